The number of ether oxygens (including phenoxy) is 5. The Labute approximate surface area is 249 Å². The Morgan fingerprint density at radius 3 is 2.50 bits per heavy atom. The predicted octanol–water partition coefficient (Wildman–Crippen LogP) is 7.82. The van der Waals surface area contributed by atoms with Crippen molar-refractivity contribution in [3.63, 3.8) is 0 Å². The molecule has 7 heteroatoms. The Balaban J connectivity index is 1.45. The molecule has 1 aliphatic heterocycles. The zero-order valence-electron chi connectivity index (χ0n) is 25.7. The summed E-state index contributed by atoms with van der Waals surface area (Å²) in [6, 6.07) is 9.66. The minimum absolute atomic E-state index is 0.0544. The molecule has 42 heavy (non-hydrogen) atoms. The molecule has 1 heterocycles. The average Bonchev–Trinajstić information content (AvgIpc) is 3.36. The molecule has 0 amide bonds. The van der Waals surface area contributed by atoms with E-state index in [0.717, 1.165) is 46.4 Å². The van der Waals surface area contributed by atoms with Gasteiger partial charge in [0.05, 0.1) is 33.4 Å². The first-order chi connectivity index (χ1) is 20.0. The van der Waals surface area contributed by atoms with E-state index >= 15 is 4.39 Å². The second-order valence-electron chi connectivity index (χ2n) is 12.0. The third-order valence-corrected chi connectivity index (χ3v) is 7.81. The lowest BCUT2D eigenvalue weighted by molar-refractivity contribution is -0.141. The molecule has 0 radical (unpaired) electrons. The van der Waals surface area contributed by atoms with Crippen molar-refractivity contribution in [2.24, 2.45) is 5.41 Å². The van der Waals surface area contributed by atoms with Crippen molar-refractivity contribution in [3.05, 3.63) is 82.7 Å². The number of halogens is 1. The number of rotatable bonds is 10. The van der Waals surface area contributed by atoms with E-state index in [2.05, 4.69) is 46.4 Å². The molecule has 0 aromatic heterocycles. The number of hydrogen-bond donors (Lipinski definition) is 0. The van der Waals surface area contributed by atoms with Crippen molar-refractivity contribution in [1.82, 2.24) is 0 Å². The molecule has 2 aliphatic rings. The Kier molecular flexibility index (Phi) is 10.2. The van der Waals surface area contributed by atoms with Gasteiger partial charge in [0.1, 0.15) is 29.2 Å². The molecule has 4 rings (SSSR count). The molecule has 0 bridgehead atoms. The van der Waals surface area contributed by atoms with Gasteiger partial charge in [-0.05, 0) is 79.6 Å². The molecule has 0 spiro atoms. The van der Waals surface area contributed by atoms with E-state index in [1.807, 2.05) is 24.3 Å². The molecule has 6 nitrogen and oxygen atoms in total. The molecule has 2 aromatic carbocycles. The maximum Gasteiger partial charge on any atom is 0.306 e. The van der Waals surface area contributed by atoms with Crippen molar-refractivity contribution in [3.8, 4) is 17.2 Å². The van der Waals surface area contributed by atoms with Crippen molar-refractivity contribution < 1.29 is 32.9 Å². The van der Waals surface area contributed by atoms with Crippen LogP contribution >= 0.6 is 0 Å². The van der Waals surface area contributed by atoms with E-state index in [9.17, 15) is 4.79 Å². The average molecular weight is 579 g/mol. The maximum absolute atomic E-state index is 15.3. The highest BCUT2D eigenvalue weighted by atomic mass is 19.1. The van der Waals surface area contributed by atoms with Crippen LogP contribution in [0, 0.1) is 19.3 Å². The van der Waals surface area contributed by atoms with Crippen LogP contribution in [0.5, 0.6) is 17.2 Å². The smallest absolute Gasteiger partial charge is 0.306 e. The highest BCUT2D eigenvalue weighted by Gasteiger charge is 2.28. The summed E-state index contributed by atoms with van der Waals surface area (Å²) in [6.07, 6.45) is 5.27. The largest absolute Gasteiger partial charge is 0.493 e. The number of carbonyl (C=O) groups excluding carboxylic acids is 1. The summed E-state index contributed by atoms with van der Waals surface area (Å²) in [6.45, 7) is 14.0. The molecule has 0 fully saturated rings. The fourth-order valence-corrected chi connectivity index (χ4v) is 5.68. The van der Waals surface area contributed by atoms with Crippen LogP contribution in [-0.4, -0.2) is 46.1 Å². The van der Waals surface area contributed by atoms with Gasteiger partial charge in [-0.1, -0.05) is 32.6 Å². The molecule has 0 saturated heterocycles. The van der Waals surface area contributed by atoms with Crippen LogP contribution in [0.3, 0.4) is 0 Å². The molecular weight excluding hydrogens is 535 g/mol. The predicted molar refractivity (Wildman–Crippen MR) is 163 cm³/mol. The van der Waals surface area contributed by atoms with E-state index in [0.29, 0.717) is 43.3 Å². The van der Waals surface area contributed by atoms with Gasteiger partial charge in [-0.25, -0.2) is 4.39 Å². The second kappa shape index (κ2) is 13.6. The van der Waals surface area contributed by atoms with Gasteiger partial charge in [-0.2, -0.15) is 0 Å². The normalized spacial score (nSPS) is 21.5. The van der Waals surface area contributed by atoms with Crippen LogP contribution in [0.4, 0.5) is 4.39 Å². The van der Waals surface area contributed by atoms with Gasteiger partial charge in [0.25, 0.3) is 0 Å². The van der Waals surface area contributed by atoms with Gasteiger partial charge >= 0.3 is 5.97 Å². The molecule has 2 aromatic rings. The van der Waals surface area contributed by atoms with Crippen LogP contribution in [-0.2, 0) is 14.3 Å². The zero-order chi connectivity index (χ0) is 30.4. The molecule has 0 N–H and O–H groups in total. The summed E-state index contributed by atoms with van der Waals surface area (Å²) in [5.74, 6) is 1.35. The fourth-order valence-electron chi connectivity index (χ4n) is 5.68. The first kappa shape index (κ1) is 31.4. The van der Waals surface area contributed by atoms with Gasteiger partial charge < -0.3 is 23.7 Å². The first-order valence-corrected chi connectivity index (χ1v) is 14.5. The monoisotopic (exact) mass is 578 g/mol. The van der Waals surface area contributed by atoms with Crippen LogP contribution in [0.25, 0.3) is 5.57 Å². The van der Waals surface area contributed by atoms with E-state index in [1.165, 1.54) is 13.2 Å². The number of allylic oxidation sites excluding steroid dienone is 3. The number of fused-ring (bicyclic) bond motifs is 1. The minimum atomic E-state index is -0.521. The lowest BCUT2D eigenvalue weighted by Crippen LogP contribution is -2.26. The fraction of sp³-hybridized carbons (Fsp3) is 0.457. The molecule has 2 atom stereocenters. The van der Waals surface area contributed by atoms with E-state index < -0.39 is 11.9 Å². The van der Waals surface area contributed by atoms with Crippen molar-refractivity contribution in [2.75, 3.05) is 34.0 Å². The SMILES string of the molecule is C=C1/C(F)=C\C=C(\c2c(C)cc(OCC(C)(C)COC)cc2C)CCC[C@H]1Oc1ccc2c(c1)OC[C@H]2CC(=O)OC. The summed E-state index contributed by atoms with van der Waals surface area (Å²) in [7, 11) is 3.08. The number of carbonyl (C=O) groups is 1. The Bertz CT molecular complexity index is 1350. The van der Waals surface area contributed by atoms with E-state index in [4.69, 9.17) is 23.7 Å². The van der Waals surface area contributed by atoms with Crippen LogP contribution < -0.4 is 14.2 Å². The standard InChI is InChI=1S/C35H43FO6/c1-22-15-28(41-21-35(4,5)20-38-6)16-23(2)34(22)25-9-8-10-31(24(3)30(36)14-11-25)42-27-12-13-29-26(17-33(37)39-7)19-40-32(29)18-27/h11-16,18,26,31H,3,8-10,17,19-21H2,1-2,4-7H3/b25-11+,30-14+/t26-,31-/m1/s1. The minimum Gasteiger partial charge on any atom is -0.493 e. The summed E-state index contributed by atoms with van der Waals surface area (Å²) in [4.78, 5) is 11.7. The molecule has 226 valence electrons. The highest BCUT2D eigenvalue weighted by Crippen LogP contribution is 2.40. The Hall–Kier alpha value is -3.58. The van der Waals surface area contributed by atoms with Gasteiger partial charge in [-0.15, -0.1) is 0 Å². The Morgan fingerprint density at radius 1 is 1.07 bits per heavy atom. The topological polar surface area (TPSA) is 63.2 Å². The number of benzene rings is 2. The second-order valence-corrected chi connectivity index (χ2v) is 12.0. The summed E-state index contributed by atoms with van der Waals surface area (Å²) in [5.41, 5.74) is 5.52. The van der Waals surface area contributed by atoms with Gasteiger partial charge in [0.2, 0.25) is 0 Å². The summed E-state index contributed by atoms with van der Waals surface area (Å²) in [5, 5.41) is 0. The third-order valence-electron chi connectivity index (χ3n) is 7.81. The molecular formula is C35H43FO6. The third kappa shape index (κ3) is 7.62. The van der Waals surface area contributed by atoms with Crippen molar-refractivity contribution in [2.45, 2.75) is 65.4 Å². The van der Waals surface area contributed by atoms with E-state index in [1.54, 1.807) is 7.11 Å². The first-order valence-electron chi connectivity index (χ1n) is 14.5. The number of esters is 1. The lowest BCUT2D eigenvalue weighted by Gasteiger charge is -2.24. The van der Waals surface area contributed by atoms with Gasteiger partial charge in [0, 0.05) is 35.6 Å². The number of methoxy groups -OCH3 is 2. The van der Waals surface area contributed by atoms with Crippen molar-refractivity contribution >= 4 is 11.5 Å². The zero-order valence-corrected chi connectivity index (χ0v) is 25.7. The molecule has 1 aliphatic carbocycles. The maximum atomic E-state index is 15.3. The number of hydrogen-bond acceptors (Lipinski definition) is 6. The highest BCUT2D eigenvalue weighted by molar-refractivity contribution is 5.73. The van der Waals surface area contributed by atoms with Crippen LogP contribution in [0.15, 0.2) is 60.5 Å². The van der Waals surface area contributed by atoms with Crippen LogP contribution in [0.1, 0.15) is 67.7 Å². The van der Waals surface area contributed by atoms with Gasteiger partial charge in [-0.3, -0.25) is 4.79 Å². The van der Waals surface area contributed by atoms with Crippen LogP contribution in [0.2, 0.25) is 0 Å². The summed E-state index contributed by atoms with van der Waals surface area (Å²) >= 11 is 0. The van der Waals surface area contributed by atoms with E-state index in [-0.39, 0.29) is 23.7 Å². The quantitative estimate of drug-likeness (QED) is 0.268. The Morgan fingerprint density at radius 2 is 1.81 bits per heavy atom. The lowest BCUT2D eigenvalue weighted by atomic mass is 9.91. The number of aryl methyl sites for hydroxylation is 2. The molecule has 0 unspecified atom stereocenters. The molecule has 0 saturated carbocycles. The van der Waals surface area contributed by atoms with Gasteiger partial charge in [0.15, 0.2) is 0 Å². The van der Waals surface area contributed by atoms with Crippen molar-refractivity contribution in [1.29, 1.82) is 0 Å². The summed E-state index contributed by atoms with van der Waals surface area (Å²) < 4.78 is 43.7.